The van der Waals surface area contributed by atoms with E-state index in [9.17, 15) is 20.0 Å². The number of nitrogens with zero attached hydrogens (tertiary/aromatic N) is 1. The van der Waals surface area contributed by atoms with Crippen LogP contribution in [-0.4, -0.2) is 47.5 Å². The Hall–Kier alpha value is -2.87. The third-order valence-electron chi connectivity index (χ3n) is 4.81. The molecule has 2 N–H and O–H groups in total. The van der Waals surface area contributed by atoms with Gasteiger partial charge in [-0.25, -0.2) is 4.79 Å². The van der Waals surface area contributed by atoms with E-state index in [4.69, 9.17) is 14.2 Å². The van der Waals surface area contributed by atoms with Crippen molar-refractivity contribution in [2.75, 3.05) is 19.8 Å². The van der Waals surface area contributed by atoms with Crippen molar-refractivity contribution in [1.29, 1.82) is 0 Å². The molecule has 0 saturated heterocycles. The first-order chi connectivity index (χ1) is 13.9. The number of nitro benzene ring substituents is 1. The number of ether oxygens (including phenoxy) is 3. The summed E-state index contributed by atoms with van der Waals surface area (Å²) in [5.41, 5.74) is -0.481. The van der Waals surface area contributed by atoms with Gasteiger partial charge >= 0.3 is 0 Å². The number of aliphatic hydroxyl groups is 1. The minimum absolute atomic E-state index is 0.0931. The average molecular weight is 406 g/mol. The number of benzene rings is 1. The third kappa shape index (κ3) is 5.35. The van der Waals surface area contributed by atoms with E-state index in [-0.39, 0.29) is 18.9 Å². The summed E-state index contributed by atoms with van der Waals surface area (Å²) in [6.07, 6.45) is 2.33. The lowest BCUT2D eigenvalue weighted by atomic mass is 9.83. The first-order valence-electron chi connectivity index (χ1n) is 9.36. The largest absolute Gasteiger partial charge is 0.494 e. The van der Waals surface area contributed by atoms with Gasteiger partial charge in [0.2, 0.25) is 0 Å². The Morgan fingerprint density at radius 2 is 2.24 bits per heavy atom. The Kier molecular flexibility index (Phi) is 7.78. The monoisotopic (exact) mass is 406 g/mol. The first-order valence-corrected chi connectivity index (χ1v) is 9.36. The number of non-ortho nitro benzene ring substituents is 1. The highest BCUT2D eigenvalue weighted by molar-refractivity contribution is 5.48. The maximum Gasteiger partial charge on any atom is 0.270 e. The Morgan fingerprint density at radius 1 is 1.48 bits per heavy atom. The van der Waals surface area contributed by atoms with Gasteiger partial charge in [-0.1, -0.05) is 6.92 Å². The second-order valence-corrected chi connectivity index (χ2v) is 6.72. The van der Waals surface area contributed by atoms with E-state index in [1.54, 1.807) is 25.1 Å². The van der Waals surface area contributed by atoms with Crippen LogP contribution in [0.1, 0.15) is 38.8 Å². The summed E-state index contributed by atoms with van der Waals surface area (Å²) in [5, 5.41) is 25.2. The van der Waals surface area contributed by atoms with Crippen molar-refractivity contribution in [3.63, 3.8) is 0 Å². The Bertz CT molecular complexity index is 804. The van der Waals surface area contributed by atoms with Crippen LogP contribution in [0.4, 0.5) is 5.69 Å². The molecule has 9 nitrogen and oxygen atoms in total. The molecule has 3 atom stereocenters. The molecule has 1 aliphatic rings. The van der Waals surface area contributed by atoms with Crippen molar-refractivity contribution < 1.29 is 29.0 Å². The lowest BCUT2D eigenvalue weighted by Crippen LogP contribution is -2.53. The Labute approximate surface area is 169 Å². The number of nitro groups is 1. The van der Waals surface area contributed by atoms with Crippen LogP contribution in [-0.2, 0) is 14.3 Å². The number of carbonyl (C=O) groups excluding carboxylic acids is 1. The lowest BCUT2D eigenvalue weighted by molar-refractivity contribution is -0.385. The molecule has 0 saturated carbocycles. The number of hydrogen-bond acceptors (Lipinski definition) is 8. The van der Waals surface area contributed by atoms with Gasteiger partial charge in [0.05, 0.1) is 24.2 Å². The van der Waals surface area contributed by atoms with E-state index in [0.717, 1.165) is 0 Å². The van der Waals surface area contributed by atoms with Gasteiger partial charge in [-0.05, 0) is 26.3 Å². The predicted molar refractivity (Wildman–Crippen MR) is 105 cm³/mol. The molecule has 2 rings (SSSR count). The van der Waals surface area contributed by atoms with Crippen molar-refractivity contribution in [3.05, 3.63) is 51.9 Å². The average Bonchev–Trinajstić information content (AvgIpc) is 2.71. The zero-order valence-corrected chi connectivity index (χ0v) is 16.7. The minimum atomic E-state index is -0.972. The fourth-order valence-electron chi connectivity index (χ4n) is 3.03. The van der Waals surface area contributed by atoms with Gasteiger partial charge in [-0.2, -0.15) is 0 Å². The second kappa shape index (κ2) is 10.1. The van der Waals surface area contributed by atoms with Gasteiger partial charge in [0, 0.05) is 30.0 Å². The van der Waals surface area contributed by atoms with Crippen molar-refractivity contribution >= 4 is 11.6 Å². The number of aliphatic hydroxyl groups excluding tert-OH is 1. The van der Waals surface area contributed by atoms with Crippen molar-refractivity contribution in [2.45, 2.75) is 44.9 Å². The van der Waals surface area contributed by atoms with Gasteiger partial charge < -0.3 is 24.6 Å². The summed E-state index contributed by atoms with van der Waals surface area (Å²) >= 11 is 0. The zero-order chi connectivity index (χ0) is 21.4. The summed E-state index contributed by atoms with van der Waals surface area (Å²) in [7, 11) is 0. The molecule has 29 heavy (non-hydrogen) atoms. The first kappa shape index (κ1) is 22.4. The molecular weight excluding hydrogens is 380 g/mol. The molecular formula is C20H26N2O7. The van der Waals surface area contributed by atoms with Gasteiger partial charge in [0.15, 0.2) is 0 Å². The van der Waals surface area contributed by atoms with E-state index in [0.29, 0.717) is 30.1 Å². The van der Waals surface area contributed by atoms with Crippen LogP contribution in [0.5, 0.6) is 5.75 Å². The van der Waals surface area contributed by atoms with Crippen molar-refractivity contribution in [1.82, 2.24) is 5.32 Å². The Balaban J connectivity index is 2.33. The van der Waals surface area contributed by atoms with Gasteiger partial charge in [0.1, 0.15) is 35.8 Å². The summed E-state index contributed by atoms with van der Waals surface area (Å²) in [6, 6.07) is 3.66. The number of hydrogen-bond donors (Lipinski definition) is 2. The molecule has 0 radical (unpaired) electrons. The van der Waals surface area contributed by atoms with Crippen LogP contribution < -0.4 is 10.1 Å². The molecule has 0 aromatic heterocycles. The lowest BCUT2D eigenvalue weighted by Gasteiger charge is -2.43. The van der Waals surface area contributed by atoms with E-state index < -0.39 is 22.7 Å². The van der Waals surface area contributed by atoms with E-state index in [1.807, 2.05) is 13.8 Å². The highest BCUT2D eigenvalue weighted by atomic mass is 16.6. The van der Waals surface area contributed by atoms with Crippen LogP contribution in [0, 0.1) is 10.1 Å². The molecule has 1 aliphatic heterocycles. The summed E-state index contributed by atoms with van der Waals surface area (Å²) in [4.78, 5) is 20.9. The molecule has 1 heterocycles. The molecule has 158 valence electrons. The zero-order valence-electron chi connectivity index (χ0n) is 16.7. The molecule has 1 aromatic rings. The standard InChI is InChI=1S/C20H26N2O7/c1-4-20(3)19(24)18(16-11-14(22(25)26)7-8-17(16)29-20)21-12-15(28-5-2)13-27-10-6-9-23/h6-8,11-12,18-19,21,24H,4-5,10,13H2,1-3H3/t18-,19+,20?/m1/s1. The number of rotatable bonds is 10. The predicted octanol–water partition coefficient (Wildman–Crippen LogP) is 2.43. The van der Waals surface area contributed by atoms with Crippen molar-refractivity contribution in [2.24, 2.45) is 0 Å². The summed E-state index contributed by atoms with van der Waals surface area (Å²) in [5.74, 6) is 2.55. The van der Waals surface area contributed by atoms with E-state index >= 15 is 0 Å². The molecule has 0 spiro atoms. The molecule has 0 fully saturated rings. The van der Waals surface area contributed by atoms with Gasteiger partial charge in [0.25, 0.3) is 5.69 Å². The normalized spacial score (nSPS) is 23.4. The maximum atomic E-state index is 11.2. The molecule has 9 heteroatoms. The van der Waals surface area contributed by atoms with E-state index in [1.165, 1.54) is 18.2 Å². The third-order valence-corrected chi connectivity index (χ3v) is 4.81. The molecule has 1 unspecified atom stereocenters. The highest BCUT2D eigenvalue weighted by Crippen LogP contribution is 2.42. The van der Waals surface area contributed by atoms with Crippen molar-refractivity contribution in [3.8, 4) is 5.75 Å². The maximum absolute atomic E-state index is 11.2. The summed E-state index contributed by atoms with van der Waals surface area (Å²) < 4.78 is 16.8. The molecule has 0 bridgehead atoms. The second-order valence-electron chi connectivity index (χ2n) is 6.72. The fourth-order valence-corrected chi connectivity index (χ4v) is 3.03. The van der Waals surface area contributed by atoms with Crippen LogP contribution in [0.3, 0.4) is 0 Å². The van der Waals surface area contributed by atoms with E-state index in [2.05, 4.69) is 5.32 Å². The summed E-state index contributed by atoms with van der Waals surface area (Å²) in [6.45, 7) is 6.09. The fraction of sp³-hybridized carbons (Fsp3) is 0.500. The SMILES string of the molecule is CCOC(=CN[C@@H]1c2cc([N+](=O)[O-])ccc2OC(C)(CC)[C@H]1O)COCC=C=O. The van der Waals surface area contributed by atoms with Crippen LogP contribution >= 0.6 is 0 Å². The van der Waals surface area contributed by atoms with Crippen LogP contribution in [0.25, 0.3) is 0 Å². The number of nitrogens with one attached hydrogen (secondary N) is 1. The molecule has 0 amide bonds. The van der Waals surface area contributed by atoms with Gasteiger partial charge in [-0.3, -0.25) is 10.1 Å². The molecule has 0 aliphatic carbocycles. The minimum Gasteiger partial charge on any atom is -0.494 e. The quantitative estimate of drug-likeness (QED) is 0.200. The number of fused-ring (bicyclic) bond motifs is 1. The van der Waals surface area contributed by atoms with Crippen LogP contribution in [0.2, 0.25) is 0 Å². The smallest absolute Gasteiger partial charge is 0.270 e. The highest BCUT2D eigenvalue weighted by Gasteiger charge is 2.45. The topological polar surface area (TPSA) is 120 Å². The Morgan fingerprint density at radius 3 is 2.86 bits per heavy atom. The molecule has 1 aromatic carbocycles. The van der Waals surface area contributed by atoms with Gasteiger partial charge in [-0.15, -0.1) is 0 Å². The van der Waals surface area contributed by atoms with Crippen LogP contribution in [0.15, 0.2) is 36.2 Å².